The van der Waals surface area contributed by atoms with Crippen LogP contribution in [0.2, 0.25) is 0 Å². The van der Waals surface area contributed by atoms with Crippen LogP contribution < -0.4 is 36.9 Å². The zero-order valence-corrected chi connectivity index (χ0v) is 32.6. The van der Waals surface area contributed by atoms with E-state index in [-0.39, 0.29) is 22.4 Å². The van der Waals surface area contributed by atoms with Gasteiger partial charge in [0.25, 0.3) is 0 Å². The normalized spacial score (nSPS) is 11.2. The summed E-state index contributed by atoms with van der Waals surface area (Å²) >= 11 is 0. The monoisotopic (exact) mass is 932 g/mol. The zero-order valence-electron chi connectivity index (χ0n) is 28.6. The smallest absolute Gasteiger partial charge is 0.542 e. The molecule has 0 fully saturated rings. The first-order valence-electron chi connectivity index (χ1n) is 16.9. The van der Waals surface area contributed by atoms with Crippen LogP contribution in [0.4, 0.5) is 13.2 Å². The fourth-order valence-corrected chi connectivity index (χ4v) is 11.5. The summed E-state index contributed by atoms with van der Waals surface area (Å²) < 4.78 is 31.5. The van der Waals surface area contributed by atoms with Gasteiger partial charge in [-0.2, -0.15) is 13.2 Å². The van der Waals surface area contributed by atoms with Crippen molar-refractivity contribution < 1.29 is 45.5 Å². The van der Waals surface area contributed by atoms with Crippen LogP contribution in [0.3, 0.4) is 0 Å². The number of fused-ring (bicyclic) bond motifs is 2. The molecule has 270 valence electrons. The van der Waals surface area contributed by atoms with Crippen LogP contribution in [0, 0.1) is 0 Å². The molecule has 0 saturated carbocycles. The van der Waals surface area contributed by atoms with E-state index in [4.69, 9.17) is 9.90 Å². The first-order valence-corrected chi connectivity index (χ1v) is 19.6. The van der Waals surface area contributed by atoms with Gasteiger partial charge in [0.05, 0.1) is 0 Å². The number of carboxylic acid groups (broad SMARTS) is 1. The number of hydrogen-bond donors (Lipinski definition) is 0. The van der Waals surface area contributed by atoms with Crippen molar-refractivity contribution in [1.29, 1.82) is 0 Å². The van der Waals surface area contributed by atoms with Gasteiger partial charge in [-0.3, -0.25) is 0 Å². The van der Waals surface area contributed by atoms with Gasteiger partial charge in [0.2, 0.25) is 0 Å². The molecular weight excluding hydrogens is 900 g/mol. The number of carboxylic acids is 1. The summed E-state index contributed by atoms with van der Waals surface area (Å²) in [6.07, 6.45) is -5.19. The molecule has 0 aliphatic heterocycles. The van der Waals surface area contributed by atoms with Crippen molar-refractivity contribution in [1.82, 2.24) is 0 Å². The molecule has 2 nitrogen and oxygen atoms in total. The molecule has 0 heterocycles. The third-order valence-electron chi connectivity index (χ3n) is 8.83. The fraction of sp³-hybridized carbons (Fsp3) is 0.0217. The molecule has 0 saturated heterocycles. The van der Waals surface area contributed by atoms with Crippen LogP contribution in [0.1, 0.15) is 0 Å². The summed E-state index contributed by atoms with van der Waals surface area (Å²) in [5.41, 5.74) is 2.70. The molecular formula is C46H32AuF3O2P2. The summed E-state index contributed by atoms with van der Waals surface area (Å²) in [6, 6.07) is 71.8. The summed E-state index contributed by atoms with van der Waals surface area (Å²) in [6.45, 7) is 0. The molecule has 0 aliphatic carbocycles. The van der Waals surface area contributed by atoms with Crippen LogP contribution in [0.15, 0.2) is 194 Å². The van der Waals surface area contributed by atoms with Gasteiger partial charge in [-0.15, -0.1) is 0 Å². The second-order valence-corrected chi connectivity index (χ2v) is 16.5. The summed E-state index contributed by atoms with van der Waals surface area (Å²) in [5, 5.41) is 22.1. The molecule has 54 heavy (non-hydrogen) atoms. The van der Waals surface area contributed by atoms with E-state index < -0.39 is 28.0 Å². The number of rotatable bonds is 7. The third-order valence-corrected chi connectivity index (χ3v) is 13.8. The maximum Gasteiger partial charge on any atom is 1.00 e. The predicted octanol–water partition coefficient (Wildman–Crippen LogP) is 8.47. The van der Waals surface area contributed by atoms with Gasteiger partial charge < -0.3 is 9.90 Å². The summed E-state index contributed by atoms with van der Waals surface area (Å²) in [5.74, 6) is -3.01. The Bertz CT molecular complexity index is 2240. The molecule has 0 N–H and O–H groups in total. The Kier molecular flexibility index (Phi) is 12.6. The van der Waals surface area contributed by atoms with E-state index in [2.05, 4.69) is 194 Å². The van der Waals surface area contributed by atoms with Gasteiger partial charge in [-0.05, 0) is 80.3 Å². The van der Waals surface area contributed by atoms with Crippen molar-refractivity contribution in [3.8, 4) is 11.1 Å². The number of halogens is 3. The molecule has 0 aromatic heterocycles. The molecule has 0 aliphatic rings. The quantitative estimate of drug-likeness (QED) is 0.119. The Morgan fingerprint density at radius 3 is 0.944 bits per heavy atom. The number of aliphatic carboxylic acids is 1. The molecule has 0 amide bonds. The van der Waals surface area contributed by atoms with Crippen molar-refractivity contribution >= 4 is 75.2 Å². The Balaban J connectivity index is 0.000000569. The Labute approximate surface area is 330 Å². The first kappa shape index (κ1) is 38.9. The van der Waals surface area contributed by atoms with Gasteiger partial charge in [0.1, 0.15) is 5.97 Å². The van der Waals surface area contributed by atoms with Gasteiger partial charge in [0.15, 0.2) is 0 Å². The first-order chi connectivity index (χ1) is 25.8. The minimum absolute atomic E-state index is 0. The van der Waals surface area contributed by atoms with E-state index in [9.17, 15) is 13.2 Å². The van der Waals surface area contributed by atoms with Crippen molar-refractivity contribution in [2.45, 2.75) is 6.18 Å². The Morgan fingerprint density at radius 2 is 0.667 bits per heavy atom. The Morgan fingerprint density at radius 1 is 0.407 bits per heavy atom. The van der Waals surface area contributed by atoms with E-state index in [0.29, 0.717) is 0 Å². The number of carbonyl (C=O) groups is 1. The molecule has 8 heteroatoms. The number of alkyl halides is 3. The second-order valence-electron chi connectivity index (χ2n) is 12.2. The van der Waals surface area contributed by atoms with Crippen molar-refractivity contribution in [3.05, 3.63) is 194 Å². The SMILES string of the molecule is O=C([O-])C(F)(F)F.[Au+].c1ccc(P(c2ccccc2)c2ccc3ccccc3c2-c2c(P(c3ccccc3)c3ccccc3)ccc3ccccc23)cc1. The average Bonchev–Trinajstić information content (AvgIpc) is 3.20. The van der Waals surface area contributed by atoms with Gasteiger partial charge >= 0.3 is 28.6 Å². The number of benzene rings is 8. The minimum atomic E-state index is -5.19. The Hall–Kier alpha value is -4.86. The molecule has 8 aromatic rings. The van der Waals surface area contributed by atoms with Crippen LogP contribution >= 0.6 is 15.8 Å². The topological polar surface area (TPSA) is 40.1 Å². The van der Waals surface area contributed by atoms with E-state index >= 15 is 0 Å². The molecule has 0 radical (unpaired) electrons. The summed E-state index contributed by atoms with van der Waals surface area (Å²) in [4.78, 5) is 8.78. The number of carbonyl (C=O) groups excluding carboxylic acids is 1. The van der Waals surface area contributed by atoms with Gasteiger partial charge in [-0.25, -0.2) is 0 Å². The largest absolute Gasteiger partial charge is 1.00 e. The van der Waals surface area contributed by atoms with Gasteiger partial charge in [-0.1, -0.05) is 194 Å². The fourth-order valence-electron chi connectivity index (χ4n) is 6.58. The maximum absolute atomic E-state index is 10.5. The van der Waals surface area contributed by atoms with Crippen LogP contribution in [-0.2, 0) is 27.2 Å². The van der Waals surface area contributed by atoms with Crippen molar-refractivity contribution in [3.63, 3.8) is 0 Å². The van der Waals surface area contributed by atoms with Crippen LogP contribution in [0.5, 0.6) is 0 Å². The summed E-state index contributed by atoms with van der Waals surface area (Å²) in [7, 11) is -1.70. The van der Waals surface area contributed by atoms with Gasteiger partial charge in [0, 0.05) is 0 Å². The molecule has 0 atom stereocenters. The standard InChI is InChI=1S/C44H32P2.C2HF3O2.Au/c1-5-19-35(20-6-1)45(36-21-7-2-8-22-36)41-31-29-33-17-13-15-27-39(33)43(41)44-40-28-16-14-18-34(40)30-32-42(44)46(37-23-9-3-10-24-37)38-25-11-4-12-26-38;3-2(4,5)1(6)7;/h1-32H;(H,6,7);/q;;+1/p-1. The van der Waals surface area contributed by atoms with Crippen LogP contribution in [0.25, 0.3) is 32.7 Å². The van der Waals surface area contributed by atoms with E-state index in [1.54, 1.807) is 0 Å². The molecule has 8 aromatic carbocycles. The maximum atomic E-state index is 10.5. The molecule has 0 unspecified atom stereocenters. The second kappa shape index (κ2) is 17.5. The molecule has 0 spiro atoms. The van der Waals surface area contributed by atoms with Crippen molar-refractivity contribution in [2.24, 2.45) is 0 Å². The minimum Gasteiger partial charge on any atom is -0.542 e. The zero-order chi connectivity index (χ0) is 36.8. The van der Waals surface area contributed by atoms with E-state index in [0.717, 1.165) is 0 Å². The van der Waals surface area contributed by atoms with E-state index in [1.807, 2.05) is 0 Å². The average molecular weight is 933 g/mol. The number of hydrogen-bond acceptors (Lipinski definition) is 2. The molecule has 0 bridgehead atoms. The van der Waals surface area contributed by atoms with Crippen molar-refractivity contribution in [2.75, 3.05) is 0 Å². The van der Waals surface area contributed by atoms with Crippen LogP contribution in [-0.4, -0.2) is 12.1 Å². The predicted molar refractivity (Wildman–Crippen MR) is 215 cm³/mol. The molecule has 8 rings (SSSR count). The van der Waals surface area contributed by atoms with E-state index in [1.165, 1.54) is 64.5 Å². The third kappa shape index (κ3) is 8.43.